The zero-order valence-corrected chi connectivity index (χ0v) is 21.9. The van der Waals surface area contributed by atoms with Gasteiger partial charge in [-0.15, -0.1) is 24.5 Å². The van der Waals surface area contributed by atoms with E-state index in [1.165, 1.54) is 17.5 Å². The number of aromatic nitrogens is 2. The first kappa shape index (κ1) is 28.4. The van der Waals surface area contributed by atoms with Crippen molar-refractivity contribution in [3.8, 4) is 22.9 Å². The summed E-state index contributed by atoms with van der Waals surface area (Å²) in [6.45, 7) is 3.60. The van der Waals surface area contributed by atoms with Gasteiger partial charge in [-0.1, -0.05) is 0 Å². The lowest BCUT2D eigenvalue weighted by Gasteiger charge is -2.12. The number of fused-ring (bicyclic) bond motifs is 1. The molecule has 0 radical (unpaired) electrons. The molecule has 4 aromatic rings. The Hall–Kier alpha value is -4.59. The lowest BCUT2D eigenvalue weighted by atomic mass is 10.2. The molecule has 0 spiro atoms. The van der Waals surface area contributed by atoms with E-state index < -0.39 is 29.5 Å². The van der Waals surface area contributed by atoms with Crippen LogP contribution in [0.2, 0.25) is 0 Å². The first-order chi connectivity index (χ1) is 19.1. The van der Waals surface area contributed by atoms with Crippen molar-refractivity contribution in [1.82, 2.24) is 9.78 Å². The van der Waals surface area contributed by atoms with Crippen LogP contribution in [0.15, 0.2) is 58.7 Å². The van der Waals surface area contributed by atoms with Crippen molar-refractivity contribution in [3.63, 3.8) is 0 Å². The molecule has 1 amide bonds. The highest BCUT2D eigenvalue weighted by atomic mass is 32.1. The van der Waals surface area contributed by atoms with Gasteiger partial charge in [-0.2, -0.15) is 9.78 Å². The van der Waals surface area contributed by atoms with E-state index in [4.69, 9.17) is 14.2 Å². The number of carbonyl (C=O) groups is 2. The first-order valence-electron chi connectivity index (χ1n) is 11.8. The highest BCUT2D eigenvalue weighted by molar-refractivity contribution is 7.16. The molecule has 4 rings (SSSR count). The number of anilines is 1. The number of thiophene rings is 1. The fourth-order valence-corrected chi connectivity index (χ4v) is 4.52. The topological polar surface area (TPSA) is 118 Å². The van der Waals surface area contributed by atoms with Crippen molar-refractivity contribution in [2.24, 2.45) is 0 Å². The van der Waals surface area contributed by atoms with Crippen LogP contribution in [0.4, 0.5) is 18.2 Å². The zero-order valence-electron chi connectivity index (χ0n) is 21.1. The molecule has 14 heteroatoms. The number of alkyl halides is 3. The van der Waals surface area contributed by atoms with Gasteiger partial charge in [0.15, 0.2) is 12.3 Å². The van der Waals surface area contributed by atoms with Crippen LogP contribution in [0.25, 0.3) is 16.5 Å². The van der Waals surface area contributed by atoms with Gasteiger partial charge in [0.05, 0.1) is 24.3 Å². The number of nitrogens with one attached hydrogen (secondary N) is 1. The molecular formula is C26H22F3N3O7S. The SMILES string of the molecule is CCOC(=O)c1nn(-c2ccc(OC(F)(F)F)cc2)c(=O)c2c(NC(=O)COc3ccc(OCC)cc3)scc12. The number of halogens is 3. The summed E-state index contributed by atoms with van der Waals surface area (Å²) in [4.78, 5) is 38.8. The Labute approximate surface area is 228 Å². The van der Waals surface area contributed by atoms with Gasteiger partial charge < -0.3 is 24.3 Å². The molecule has 0 aliphatic rings. The second kappa shape index (κ2) is 12.1. The van der Waals surface area contributed by atoms with Gasteiger partial charge in [0, 0.05) is 10.8 Å². The van der Waals surface area contributed by atoms with Crippen LogP contribution < -0.4 is 25.1 Å². The van der Waals surface area contributed by atoms with Gasteiger partial charge in [0.2, 0.25) is 0 Å². The van der Waals surface area contributed by atoms with Gasteiger partial charge in [0.25, 0.3) is 11.5 Å². The lowest BCUT2D eigenvalue weighted by Crippen LogP contribution is -2.26. The van der Waals surface area contributed by atoms with Crippen molar-refractivity contribution in [2.75, 3.05) is 25.1 Å². The van der Waals surface area contributed by atoms with Crippen molar-refractivity contribution in [1.29, 1.82) is 0 Å². The number of amides is 1. The van der Waals surface area contributed by atoms with Gasteiger partial charge >= 0.3 is 12.3 Å². The summed E-state index contributed by atoms with van der Waals surface area (Å²) >= 11 is 0.987. The van der Waals surface area contributed by atoms with E-state index in [0.29, 0.717) is 18.1 Å². The molecule has 2 aromatic carbocycles. The monoisotopic (exact) mass is 577 g/mol. The molecule has 0 aliphatic heterocycles. The zero-order chi connectivity index (χ0) is 28.9. The Balaban J connectivity index is 1.64. The Kier molecular flexibility index (Phi) is 8.58. The van der Waals surface area contributed by atoms with E-state index in [1.54, 1.807) is 31.2 Å². The summed E-state index contributed by atoms with van der Waals surface area (Å²) in [5, 5.41) is 8.43. The number of rotatable bonds is 10. The van der Waals surface area contributed by atoms with Gasteiger partial charge in [0.1, 0.15) is 22.2 Å². The average molecular weight is 578 g/mol. The maximum Gasteiger partial charge on any atom is 0.573 e. The summed E-state index contributed by atoms with van der Waals surface area (Å²) in [6.07, 6.45) is -4.90. The highest BCUT2D eigenvalue weighted by Crippen LogP contribution is 2.31. The molecule has 2 aromatic heterocycles. The number of esters is 1. The fraction of sp³-hybridized carbons (Fsp3) is 0.231. The second-order valence-corrected chi connectivity index (χ2v) is 8.80. The predicted molar refractivity (Wildman–Crippen MR) is 140 cm³/mol. The van der Waals surface area contributed by atoms with Gasteiger partial charge in [-0.25, -0.2) is 4.79 Å². The van der Waals surface area contributed by atoms with Crippen LogP contribution in [-0.2, 0) is 9.53 Å². The summed E-state index contributed by atoms with van der Waals surface area (Å²) in [5.41, 5.74) is -0.889. The molecule has 1 N–H and O–H groups in total. The molecule has 210 valence electrons. The van der Waals surface area contributed by atoms with E-state index in [0.717, 1.165) is 28.2 Å². The summed E-state index contributed by atoms with van der Waals surface area (Å²) in [6, 6.07) is 11.0. The van der Waals surface area contributed by atoms with Crippen molar-refractivity contribution in [2.45, 2.75) is 20.2 Å². The molecule has 0 bridgehead atoms. The molecular weight excluding hydrogens is 555 g/mol. The van der Waals surface area contributed by atoms with Crippen LogP contribution in [0, 0.1) is 0 Å². The van der Waals surface area contributed by atoms with Crippen LogP contribution in [0.1, 0.15) is 24.3 Å². The molecule has 0 atom stereocenters. The second-order valence-electron chi connectivity index (χ2n) is 7.92. The van der Waals surface area contributed by atoms with Crippen molar-refractivity contribution >= 4 is 39.0 Å². The van der Waals surface area contributed by atoms with E-state index >= 15 is 0 Å². The Morgan fingerprint density at radius 1 is 0.950 bits per heavy atom. The van der Waals surface area contributed by atoms with E-state index in [1.807, 2.05) is 6.92 Å². The quantitative estimate of drug-likeness (QED) is 0.264. The predicted octanol–water partition coefficient (Wildman–Crippen LogP) is 4.94. The highest BCUT2D eigenvalue weighted by Gasteiger charge is 2.31. The van der Waals surface area contributed by atoms with Crippen LogP contribution in [0.3, 0.4) is 0 Å². The van der Waals surface area contributed by atoms with Crippen molar-refractivity contribution < 1.29 is 41.7 Å². The summed E-state index contributed by atoms with van der Waals surface area (Å²) < 4.78 is 58.2. The van der Waals surface area contributed by atoms with Crippen LogP contribution in [-0.4, -0.2) is 47.8 Å². The number of benzene rings is 2. The molecule has 0 unspecified atom stereocenters. The third-order valence-electron chi connectivity index (χ3n) is 5.19. The molecule has 0 aliphatic carbocycles. The number of nitrogens with zero attached hydrogens (tertiary/aromatic N) is 2. The van der Waals surface area contributed by atoms with Crippen LogP contribution in [0.5, 0.6) is 17.2 Å². The smallest absolute Gasteiger partial charge is 0.494 e. The number of hydrogen-bond acceptors (Lipinski definition) is 9. The third-order valence-corrected chi connectivity index (χ3v) is 6.09. The Morgan fingerprint density at radius 3 is 2.17 bits per heavy atom. The minimum Gasteiger partial charge on any atom is -0.494 e. The number of carbonyl (C=O) groups excluding carboxylic acids is 2. The van der Waals surface area contributed by atoms with E-state index in [-0.39, 0.29) is 40.4 Å². The van der Waals surface area contributed by atoms with E-state index in [2.05, 4.69) is 15.2 Å². The van der Waals surface area contributed by atoms with Crippen molar-refractivity contribution in [3.05, 3.63) is 70.0 Å². The molecule has 10 nitrogen and oxygen atoms in total. The van der Waals surface area contributed by atoms with E-state index in [9.17, 15) is 27.6 Å². The number of hydrogen-bond donors (Lipinski definition) is 1. The average Bonchev–Trinajstić information content (AvgIpc) is 3.32. The molecule has 0 saturated heterocycles. The molecule has 2 heterocycles. The Bertz CT molecular complexity index is 1570. The van der Waals surface area contributed by atoms with Gasteiger partial charge in [-0.05, 0) is 62.4 Å². The normalized spacial score (nSPS) is 11.2. The maximum atomic E-state index is 13.5. The third kappa shape index (κ3) is 6.69. The lowest BCUT2D eigenvalue weighted by molar-refractivity contribution is -0.274. The maximum absolute atomic E-state index is 13.5. The van der Waals surface area contributed by atoms with Gasteiger partial charge in [-0.3, -0.25) is 9.59 Å². The largest absolute Gasteiger partial charge is 0.573 e. The first-order valence-corrected chi connectivity index (χ1v) is 12.7. The minimum absolute atomic E-state index is 0.0290. The summed E-state index contributed by atoms with van der Waals surface area (Å²) in [5.74, 6) is -0.843. The summed E-state index contributed by atoms with van der Waals surface area (Å²) in [7, 11) is 0. The van der Waals surface area contributed by atoms with Crippen LogP contribution >= 0.6 is 11.3 Å². The molecule has 40 heavy (non-hydrogen) atoms. The Morgan fingerprint density at radius 2 is 1.57 bits per heavy atom. The number of ether oxygens (including phenoxy) is 4. The fourth-order valence-electron chi connectivity index (χ4n) is 3.57. The molecule has 0 saturated carbocycles. The standard InChI is InChI=1S/C26H22F3N3O7S/c1-3-36-16-9-11-17(12-10-16)38-13-20(33)30-23-21-19(14-40-23)22(25(35)37-4-2)31-32(24(21)34)15-5-7-18(8-6-15)39-26(27,28)29/h5-12,14H,3-4,13H2,1-2H3,(H,30,33). The minimum atomic E-state index is -4.90. The molecule has 0 fully saturated rings.